The van der Waals surface area contributed by atoms with Crippen LogP contribution in [-0.2, 0) is 41.8 Å². The van der Waals surface area contributed by atoms with Crippen LogP contribution in [0.2, 0.25) is 0 Å². The molecule has 1 saturated carbocycles. The molecule has 5 unspecified atom stereocenters. The fraction of sp³-hybridized carbons (Fsp3) is 0.714. The lowest BCUT2D eigenvalue weighted by Gasteiger charge is -2.43. The van der Waals surface area contributed by atoms with Gasteiger partial charge in [0.25, 0.3) is 0 Å². The van der Waals surface area contributed by atoms with Crippen molar-refractivity contribution in [1.29, 1.82) is 0 Å². The Bertz CT molecular complexity index is 1640. The van der Waals surface area contributed by atoms with Crippen molar-refractivity contribution in [1.82, 2.24) is 0 Å². The van der Waals surface area contributed by atoms with Crippen LogP contribution < -0.4 is 0 Å². The Balaban J connectivity index is 2.65. The fourth-order valence-electron chi connectivity index (χ4n) is 7.02. The highest BCUT2D eigenvalue weighted by molar-refractivity contribution is 7.47. The van der Waals surface area contributed by atoms with Gasteiger partial charge in [0.2, 0.25) is 0 Å². The van der Waals surface area contributed by atoms with Gasteiger partial charge in [-0.15, -0.1) is 0 Å². The summed E-state index contributed by atoms with van der Waals surface area (Å²) < 4.78 is 49.3. The molecule has 0 amide bonds. The van der Waals surface area contributed by atoms with E-state index in [0.29, 0.717) is 38.5 Å². The third-order valence-electron chi connectivity index (χ3n) is 11.0. The second-order valence-corrected chi connectivity index (χ2v) is 19.7. The van der Waals surface area contributed by atoms with E-state index in [1.807, 2.05) is 12.2 Å². The van der Waals surface area contributed by atoms with Gasteiger partial charge in [-0.2, -0.15) is 0 Å². The third kappa shape index (κ3) is 32.9. The van der Waals surface area contributed by atoms with E-state index >= 15 is 0 Å². The molecule has 0 aliphatic heterocycles. The van der Waals surface area contributed by atoms with Gasteiger partial charge in [-0.05, 0) is 83.5 Å². The number of allylic oxidation sites excluding steroid dienone is 11. The van der Waals surface area contributed by atoms with Crippen molar-refractivity contribution in [3.8, 4) is 0 Å². The molecule has 398 valence electrons. The first-order valence-electron chi connectivity index (χ1n) is 24.6. The predicted octanol–water partition coefficient (Wildman–Crippen LogP) is 7.56. The van der Waals surface area contributed by atoms with Gasteiger partial charge < -0.3 is 54.8 Å². The Morgan fingerprint density at radius 2 is 1.03 bits per heavy atom. The smallest absolute Gasteiger partial charge is 0.462 e. The molecule has 0 heterocycles. The zero-order valence-corrected chi connectivity index (χ0v) is 42.5. The van der Waals surface area contributed by atoms with E-state index in [4.69, 9.17) is 18.5 Å². The van der Waals surface area contributed by atoms with Crippen LogP contribution in [0.15, 0.2) is 72.9 Å². The highest BCUT2D eigenvalue weighted by Crippen LogP contribution is 2.49. The summed E-state index contributed by atoms with van der Waals surface area (Å²) in [5, 5.41) is 61.8. The van der Waals surface area contributed by atoms with Gasteiger partial charge in [-0.1, -0.05) is 132 Å². The molecule has 1 aliphatic rings. The quantitative estimate of drug-likeness (QED) is 0.0124. The summed E-state index contributed by atoms with van der Waals surface area (Å²) >= 11 is 0. The van der Waals surface area contributed by atoms with Gasteiger partial charge in [0.05, 0.1) is 18.8 Å². The Morgan fingerprint density at radius 1 is 0.536 bits per heavy atom. The van der Waals surface area contributed by atoms with E-state index in [1.54, 1.807) is 0 Å². The lowest BCUT2D eigenvalue weighted by atomic mass is 9.85. The van der Waals surface area contributed by atoms with E-state index in [2.05, 4.69) is 79.1 Å². The fourth-order valence-corrected chi connectivity index (χ4v) is 8.55. The van der Waals surface area contributed by atoms with E-state index in [0.717, 1.165) is 89.9 Å². The molecule has 1 fully saturated rings. The normalized spacial score (nSPS) is 22.7. The van der Waals surface area contributed by atoms with E-state index in [1.165, 1.54) is 0 Å². The molecular formula is C49H84O18P2. The van der Waals surface area contributed by atoms with E-state index in [-0.39, 0.29) is 12.8 Å². The molecule has 9 N–H and O–H groups in total. The van der Waals surface area contributed by atoms with E-state index < -0.39 is 95.7 Å². The predicted molar refractivity (Wildman–Crippen MR) is 262 cm³/mol. The minimum Gasteiger partial charge on any atom is -0.462 e. The second kappa shape index (κ2) is 39.0. The Labute approximate surface area is 409 Å². The zero-order valence-electron chi connectivity index (χ0n) is 40.7. The number of esters is 2. The van der Waals surface area contributed by atoms with Gasteiger partial charge in [0.15, 0.2) is 6.10 Å². The summed E-state index contributed by atoms with van der Waals surface area (Å²) in [6, 6.07) is 0. The van der Waals surface area contributed by atoms with Crippen LogP contribution in [0.3, 0.4) is 0 Å². The largest absolute Gasteiger partial charge is 0.472 e. The van der Waals surface area contributed by atoms with Crippen LogP contribution in [0.5, 0.6) is 0 Å². The van der Waals surface area contributed by atoms with Gasteiger partial charge in [-0.3, -0.25) is 23.2 Å². The Kier molecular flexibility index (Phi) is 36.3. The molecule has 1 aliphatic carbocycles. The van der Waals surface area contributed by atoms with Crippen LogP contribution in [0.1, 0.15) is 155 Å². The molecule has 0 spiro atoms. The molecule has 0 saturated heterocycles. The molecular weight excluding hydrogens is 938 g/mol. The highest BCUT2D eigenvalue weighted by Gasteiger charge is 2.54. The number of phosphoric acid groups is 2. The van der Waals surface area contributed by atoms with Crippen LogP contribution in [-0.4, -0.2) is 125 Å². The first kappa shape index (κ1) is 64.4. The summed E-state index contributed by atoms with van der Waals surface area (Å²) in [7, 11) is -10.8. The first-order chi connectivity index (χ1) is 32.9. The number of hydrogen-bond acceptors (Lipinski definition) is 15. The maximum atomic E-state index is 13.0. The summed E-state index contributed by atoms with van der Waals surface area (Å²) in [6.45, 7) is 2.78. The van der Waals surface area contributed by atoms with Gasteiger partial charge in [-0.25, -0.2) is 9.13 Å². The number of carbonyl (C=O) groups excluding carboxylic acids is 2. The second-order valence-electron chi connectivity index (χ2n) is 17.1. The molecule has 20 heteroatoms. The van der Waals surface area contributed by atoms with Gasteiger partial charge >= 0.3 is 27.6 Å². The number of carbonyl (C=O) groups is 2. The molecule has 0 bridgehead atoms. The number of ether oxygens (including phenoxy) is 2. The summed E-state index contributed by atoms with van der Waals surface area (Å²) in [5.74, 6) is -1.36. The van der Waals surface area contributed by atoms with Crippen LogP contribution >= 0.6 is 15.6 Å². The minimum absolute atomic E-state index is 0.0461. The monoisotopic (exact) mass is 1020 g/mol. The van der Waals surface area contributed by atoms with Gasteiger partial charge in [0.1, 0.15) is 43.2 Å². The van der Waals surface area contributed by atoms with Crippen molar-refractivity contribution in [3.05, 3.63) is 72.9 Å². The van der Waals surface area contributed by atoms with Crippen molar-refractivity contribution in [2.24, 2.45) is 0 Å². The number of hydrogen-bond donors (Lipinski definition) is 9. The van der Waals surface area contributed by atoms with E-state index in [9.17, 15) is 64.0 Å². The Morgan fingerprint density at radius 3 is 1.61 bits per heavy atom. The summed E-state index contributed by atoms with van der Waals surface area (Å²) in [4.78, 5) is 54.4. The number of unbranched alkanes of at least 4 members (excludes halogenated alkanes) is 10. The zero-order chi connectivity index (χ0) is 51.3. The lowest BCUT2D eigenvalue weighted by Crippen LogP contribution is -2.64. The molecule has 0 aromatic rings. The van der Waals surface area contributed by atoms with Crippen LogP contribution in [0.25, 0.3) is 0 Å². The van der Waals surface area contributed by atoms with Crippen LogP contribution in [0, 0.1) is 0 Å². The first-order valence-corrected chi connectivity index (χ1v) is 27.7. The van der Waals surface area contributed by atoms with Crippen molar-refractivity contribution >= 4 is 27.6 Å². The molecule has 0 radical (unpaired) electrons. The molecule has 18 nitrogen and oxygen atoms in total. The average Bonchev–Trinajstić information content (AvgIpc) is 3.30. The molecule has 69 heavy (non-hydrogen) atoms. The summed E-state index contributed by atoms with van der Waals surface area (Å²) in [6.07, 6.45) is 24.3. The number of phosphoric ester groups is 2. The number of rotatable bonds is 40. The van der Waals surface area contributed by atoms with Crippen molar-refractivity contribution in [2.45, 2.75) is 210 Å². The third-order valence-corrected chi connectivity index (χ3v) is 12.5. The number of aliphatic hydroxyl groups excluding tert-OH is 6. The van der Waals surface area contributed by atoms with Crippen molar-refractivity contribution in [2.75, 3.05) is 13.2 Å². The standard InChI is InChI=1S/C49H84O18P2/c1-3-5-7-9-11-12-13-14-15-16-17-18-19-20-21-22-23-27-31-35-42(52)63-37-39(38-64-69(61,62)67-49-46(56)44(54)45(55)48(47(49)57)66-68(58,59)60)65-43(53)36-32-28-24-26-30-34-41(51)40(50)33-29-25-10-8-6-4-2/h5,7,11-12,14-15,17-18,20-21,25,29,39-41,44-51,54-57H,3-4,6,8-10,13,16,19,22-24,26-28,30-38H2,1-2H3,(H,61,62)(H2,58,59,60)/b7-5-,12-11-,15-14-,18-17-,21-20-,29-25-/t39-,40+,41+,44?,45?,46?,47?,48-,49+/m1/s1. The van der Waals surface area contributed by atoms with Crippen molar-refractivity contribution in [3.63, 3.8) is 0 Å². The highest BCUT2D eigenvalue weighted by atomic mass is 31.2. The SMILES string of the molecule is CC/C=C\C/C=C\C/C=C\C/C=C\C/C=C\CCCCCC(=O)OC[C@H](COP(=O)(O)O[C@H]1C(O)C(O)C(O)[C@@H](OP(=O)(O)O)C1O)OC(=O)CCCCCCC[C@H](O)[C@@H](O)C/C=C\CCCCC. The maximum absolute atomic E-state index is 13.0. The average molecular weight is 1020 g/mol. The maximum Gasteiger partial charge on any atom is 0.472 e. The Hall–Kier alpha value is -2.64. The molecule has 10 atom stereocenters. The molecule has 0 aromatic carbocycles. The van der Waals surface area contributed by atoms with Gasteiger partial charge in [0, 0.05) is 12.8 Å². The van der Waals surface area contributed by atoms with Crippen molar-refractivity contribution < 1.29 is 87.1 Å². The molecule has 0 aromatic heterocycles. The molecule has 1 rings (SSSR count). The van der Waals surface area contributed by atoms with Crippen LogP contribution in [0.4, 0.5) is 0 Å². The topological polar surface area (TPSA) is 296 Å². The minimum atomic E-state index is -5.39. The lowest BCUT2D eigenvalue weighted by molar-refractivity contribution is -0.216. The summed E-state index contributed by atoms with van der Waals surface area (Å²) in [5.41, 5.74) is 0. The number of aliphatic hydroxyl groups is 6.